The number of amides is 2. The molecule has 0 unspecified atom stereocenters. The summed E-state index contributed by atoms with van der Waals surface area (Å²) in [5.74, 6) is -0.143. The summed E-state index contributed by atoms with van der Waals surface area (Å²) in [7, 11) is 0. The van der Waals surface area contributed by atoms with E-state index >= 15 is 0 Å². The number of aromatic nitrogens is 4. The minimum atomic E-state index is -2.16. The van der Waals surface area contributed by atoms with Crippen LogP contribution in [0.5, 0.6) is 0 Å². The number of nitrogens with one attached hydrogen (secondary N) is 1. The largest absolute Gasteiger partial charge is 0.444 e. The Balaban J connectivity index is 1.59. The Morgan fingerprint density at radius 1 is 1.18 bits per heavy atom. The van der Waals surface area contributed by atoms with Crippen LogP contribution in [0.1, 0.15) is 37.5 Å². The molecule has 3 aromatic rings. The highest BCUT2D eigenvalue weighted by molar-refractivity contribution is 9.10. The van der Waals surface area contributed by atoms with E-state index < -0.39 is 17.9 Å². The summed E-state index contributed by atoms with van der Waals surface area (Å²) in [6, 6.07) is 6.53. The minimum Gasteiger partial charge on any atom is -0.444 e. The molecular weight excluding hydrogens is 574 g/mol. The number of carbonyl (C=O) groups is 2. The lowest BCUT2D eigenvalue weighted by Crippen LogP contribution is -2.51. The molecule has 0 saturated carbocycles. The van der Waals surface area contributed by atoms with E-state index in [0.717, 1.165) is 11.8 Å². The van der Waals surface area contributed by atoms with Crippen molar-refractivity contribution >= 4 is 56.8 Å². The zero-order valence-electron chi connectivity index (χ0n) is 24.7. The second kappa shape index (κ2) is 11.4. The Kier molecular flexibility index (Phi) is 7.18. The van der Waals surface area contributed by atoms with Crippen LogP contribution in [0, 0.1) is 0 Å². The van der Waals surface area contributed by atoms with Crippen molar-refractivity contribution in [2.24, 2.45) is 0 Å². The molecule has 1 saturated heterocycles. The first-order valence-corrected chi connectivity index (χ1v) is 13.8. The van der Waals surface area contributed by atoms with Gasteiger partial charge in [0.05, 0.1) is 5.69 Å². The molecule has 0 radical (unpaired) electrons. The Hall–Kier alpha value is -3.06. The van der Waals surface area contributed by atoms with E-state index in [0.29, 0.717) is 54.6 Å². The number of hydrogen-bond donors (Lipinski definition) is 1. The van der Waals surface area contributed by atoms with E-state index in [1.54, 1.807) is 33.7 Å². The maximum atomic E-state index is 13.6. The first-order chi connectivity index (χ1) is 19.1. The van der Waals surface area contributed by atoms with Crippen molar-refractivity contribution in [3.8, 4) is 0 Å². The Bertz CT molecular complexity index is 1490. The summed E-state index contributed by atoms with van der Waals surface area (Å²) in [5, 5.41) is 7.04. The number of anilines is 2. The van der Waals surface area contributed by atoms with E-state index in [-0.39, 0.29) is 28.5 Å². The zero-order valence-corrected chi connectivity index (χ0v) is 24.1. The third-order valence-electron chi connectivity index (χ3n) is 5.94. The van der Waals surface area contributed by atoms with Crippen LogP contribution < -0.4 is 15.8 Å². The van der Waals surface area contributed by atoms with Gasteiger partial charge in [-0.2, -0.15) is 9.50 Å². The average Bonchev–Trinajstić information content (AvgIpc) is 3.27. The molecule has 0 aliphatic carbocycles. The lowest BCUT2D eigenvalue weighted by molar-refractivity contribution is -0.116. The molecule has 1 aliphatic heterocycles. The van der Waals surface area contributed by atoms with Gasteiger partial charge in [-0.05, 0) is 73.6 Å². The van der Waals surface area contributed by atoms with Crippen molar-refractivity contribution in [1.29, 1.82) is 0 Å². The summed E-state index contributed by atoms with van der Waals surface area (Å²) < 4.78 is 30.7. The van der Waals surface area contributed by atoms with E-state index in [1.807, 2.05) is 32.6 Å². The first kappa shape index (κ1) is 24.0. The maximum absolute atomic E-state index is 13.6. The predicted octanol–water partition coefficient (Wildman–Crippen LogP) is 3.63. The normalized spacial score (nSPS) is 15.7. The van der Waals surface area contributed by atoms with Gasteiger partial charge in [0.25, 0.3) is 5.56 Å². The highest BCUT2D eigenvalue weighted by Gasteiger charge is 2.30. The number of nitrogens with zero attached hydrogens (tertiary/aromatic N) is 6. The standard InChI is InChI=1S/C25H32BrN7O4S/c1-6-18-20(30-11-13-31(14-12-30)24(36)37-25(2,3)4)21(35)33-23(28-22(26)29-33)32(18)15-19(34)27-16-7-9-17(38-5)10-8-16/h7-10H,6,11-15H2,1-5H3,(H,27,34)/i5D3. The minimum absolute atomic E-state index is 0.144. The fourth-order valence-corrected chi connectivity index (χ4v) is 4.88. The molecule has 1 aliphatic rings. The lowest BCUT2D eigenvalue weighted by Gasteiger charge is -2.37. The van der Waals surface area contributed by atoms with Crippen LogP contribution in [0.3, 0.4) is 0 Å². The molecular formula is C25H32BrN7O4S. The van der Waals surface area contributed by atoms with Crippen LogP contribution in [0.15, 0.2) is 38.7 Å². The average molecular weight is 610 g/mol. The molecule has 38 heavy (non-hydrogen) atoms. The lowest BCUT2D eigenvalue weighted by atomic mass is 10.2. The van der Waals surface area contributed by atoms with Crippen LogP contribution >= 0.6 is 27.7 Å². The molecule has 1 fully saturated rings. The molecule has 13 heteroatoms. The number of fused-ring (bicyclic) bond motifs is 1. The Labute approximate surface area is 237 Å². The molecule has 4 rings (SSSR count). The van der Waals surface area contributed by atoms with E-state index in [9.17, 15) is 14.4 Å². The van der Waals surface area contributed by atoms with Gasteiger partial charge >= 0.3 is 6.09 Å². The summed E-state index contributed by atoms with van der Waals surface area (Å²) in [6.07, 6.45) is -2.13. The van der Waals surface area contributed by atoms with Crippen molar-refractivity contribution in [1.82, 2.24) is 24.1 Å². The number of halogens is 1. The molecule has 1 aromatic carbocycles. The van der Waals surface area contributed by atoms with Gasteiger partial charge in [-0.25, -0.2) is 4.79 Å². The van der Waals surface area contributed by atoms with Crippen LogP contribution in [0.4, 0.5) is 16.2 Å². The number of benzene rings is 1. The van der Waals surface area contributed by atoms with Gasteiger partial charge in [-0.1, -0.05) is 6.92 Å². The number of hydrogen-bond acceptors (Lipinski definition) is 8. The third-order valence-corrected chi connectivity index (χ3v) is 6.78. The molecule has 2 amide bonds. The van der Waals surface area contributed by atoms with Gasteiger partial charge in [-0.3, -0.25) is 9.59 Å². The van der Waals surface area contributed by atoms with Crippen molar-refractivity contribution in [3.63, 3.8) is 0 Å². The van der Waals surface area contributed by atoms with E-state index in [2.05, 4.69) is 31.3 Å². The number of ether oxygens (including phenoxy) is 1. The maximum Gasteiger partial charge on any atom is 0.410 e. The predicted molar refractivity (Wildman–Crippen MR) is 151 cm³/mol. The first-order valence-electron chi connectivity index (χ1n) is 13.6. The number of carbonyl (C=O) groups excluding carboxylic acids is 2. The van der Waals surface area contributed by atoms with Crippen LogP contribution in [0.25, 0.3) is 5.78 Å². The molecule has 0 spiro atoms. The van der Waals surface area contributed by atoms with E-state index in [4.69, 9.17) is 8.85 Å². The van der Waals surface area contributed by atoms with Gasteiger partial charge in [0.15, 0.2) is 0 Å². The van der Waals surface area contributed by atoms with Gasteiger partial charge in [-0.15, -0.1) is 16.9 Å². The summed E-state index contributed by atoms with van der Waals surface area (Å²) >= 11 is 4.00. The van der Waals surface area contributed by atoms with Gasteiger partial charge in [0.2, 0.25) is 16.4 Å². The number of thioether (sulfide) groups is 1. The second-order valence-electron chi connectivity index (χ2n) is 9.76. The van der Waals surface area contributed by atoms with Crippen LogP contribution in [-0.4, -0.2) is 74.0 Å². The number of piperazine rings is 1. The van der Waals surface area contributed by atoms with Gasteiger partial charge < -0.3 is 24.4 Å². The van der Waals surface area contributed by atoms with Gasteiger partial charge in [0.1, 0.15) is 17.8 Å². The van der Waals surface area contributed by atoms with Crippen LogP contribution in [0.2, 0.25) is 0 Å². The van der Waals surface area contributed by atoms with Crippen molar-refractivity contribution < 1.29 is 18.4 Å². The Morgan fingerprint density at radius 2 is 1.87 bits per heavy atom. The molecule has 0 atom stereocenters. The molecule has 204 valence electrons. The summed E-state index contributed by atoms with van der Waals surface area (Å²) in [4.78, 5) is 47.8. The summed E-state index contributed by atoms with van der Waals surface area (Å²) in [6.45, 7) is 8.72. The fourth-order valence-electron chi connectivity index (χ4n) is 4.29. The van der Waals surface area contributed by atoms with E-state index in [1.165, 1.54) is 4.52 Å². The highest BCUT2D eigenvalue weighted by atomic mass is 79.9. The summed E-state index contributed by atoms with van der Waals surface area (Å²) in [5.41, 5.74) is 0.552. The zero-order chi connectivity index (χ0) is 30.1. The highest BCUT2D eigenvalue weighted by Crippen LogP contribution is 2.23. The quantitative estimate of drug-likeness (QED) is 0.422. The smallest absolute Gasteiger partial charge is 0.410 e. The SMILES string of the molecule is [2H]C([2H])([2H])Sc1ccc(NC(=O)Cn2c(CC)c(N3CCN(C(=O)OC(C)(C)C)CC3)c(=O)n3nc(Br)nc23)cc1. The second-order valence-corrected chi connectivity index (χ2v) is 11.1. The van der Waals surface area contributed by atoms with Gasteiger partial charge in [0, 0.05) is 40.9 Å². The molecule has 1 N–H and O–H groups in total. The monoisotopic (exact) mass is 608 g/mol. The van der Waals surface area contributed by atoms with Crippen LogP contribution in [-0.2, 0) is 22.5 Å². The number of rotatable bonds is 6. The molecule has 11 nitrogen and oxygen atoms in total. The van der Waals surface area contributed by atoms with Crippen molar-refractivity contribution in [3.05, 3.63) is 45.0 Å². The van der Waals surface area contributed by atoms with Crippen molar-refractivity contribution in [2.45, 2.75) is 51.2 Å². The molecule has 0 bridgehead atoms. The topological polar surface area (TPSA) is 114 Å². The third kappa shape index (κ3) is 6.15. The van der Waals surface area contributed by atoms with Crippen molar-refractivity contribution in [2.75, 3.05) is 42.6 Å². The Morgan fingerprint density at radius 3 is 2.47 bits per heavy atom. The fraction of sp³-hybridized carbons (Fsp3) is 0.480. The molecule has 2 aromatic heterocycles. The molecule has 3 heterocycles.